The summed E-state index contributed by atoms with van der Waals surface area (Å²) in [6, 6.07) is 12.9. The number of aryl methyl sites for hydroxylation is 1. The molecule has 0 saturated heterocycles. The van der Waals surface area contributed by atoms with Crippen molar-refractivity contribution < 1.29 is 18.9 Å². The molecule has 0 aliphatic carbocycles. The van der Waals surface area contributed by atoms with Crippen molar-refractivity contribution in [1.82, 2.24) is 20.4 Å². The average Bonchev–Trinajstić information content (AvgIpc) is 3.36. The van der Waals surface area contributed by atoms with E-state index in [9.17, 15) is 14.4 Å². The predicted molar refractivity (Wildman–Crippen MR) is 121 cm³/mol. The van der Waals surface area contributed by atoms with Gasteiger partial charge in [0.15, 0.2) is 0 Å². The molecule has 3 aromatic rings. The minimum absolute atomic E-state index is 0.146. The van der Waals surface area contributed by atoms with Crippen molar-refractivity contribution in [2.24, 2.45) is 0 Å². The summed E-state index contributed by atoms with van der Waals surface area (Å²) in [6.45, 7) is 6.83. The van der Waals surface area contributed by atoms with Crippen LogP contribution in [0.4, 0.5) is 5.69 Å². The van der Waals surface area contributed by atoms with E-state index < -0.39 is 5.91 Å². The summed E-state index contributed by atoms with van der Waals surface area (Å²) in [5, 5.41) is 9.21. The number of aromatic nitrogens is 2. The summed E-state index contributed by atoms with van der Waals surface area (Å²) in [6.07, 6.45) is 2.61. The van der Waals surface area contributed by atoms with Gasteiger partial charge in [0.1, 0.15) is 5.70 Å². The lowest BCUT2D eigenvalue weighted by Gasteiger charge is -2.13. The third-order valence-electron chi connectivity index (χ3n) is 5.01. The van der Waals surface area contributed by atoms with E-state index in [0.717, 1.165) is 22.8 Å². The monoisotopic (exact) mass is 443 g/mol. The minimum atomic E-state index is -0.465. The minimum Gasteiger partial charge on any atom is -0.339 e. The molecule has 2 heterocycles. The molecule has 0 saturated carbocycles. The van der Waals surface area contributed by atoms with E-state index in [4.69, 9.17) is 4.52 Å². The number of rotatable bonds is 6. The van der Waals surface area contributed by atoms with Crippen LogP contribution >= 0.6 is 0 Å². The maximum Gasteiger partial charge on any atom is 0.258 e. The molecule has 2 aromatic carbocycles. The molecule has 166 valence electrons. The quantitative estimate of drug-likeness (QED) is 0.565. The highest BCUT2D eigenvalue weighted by Gasteiger charge is 2.29. The van der Waals surface area contributed by atoms with E-state index in [0.29, 0.717) is 23.7 Å². The van der Waals surface area contributed by atoms with Crippen LogP contribution in [-0.4, -0.2) is 32.8 Å². The second kappa shape index (κ2) is 8.91. The van der Waals surface area contributed by atoms with Gasteiger partial charge >= 0.3 is 0 Å². The fraction of sp³-hybridized carbons (Fsp3) is 0.125. The first-order valence-electron chi connectivity index (χ1n) is 10.1. The lowest BCUT2D eigenvalue weighted by molar-refractivity contribution is -0.115. The fourth-order valence-electron chi connectivity index (χ4n) is 3.56. The first kappa shape index (κ1) is 21.7. The van der Waals surface area contributed by atoms with Crippen LogP contribution in [-0.2, 0) is 16.1 Å². The topological polar surface area (TPSA) is 117 Å². The van der Waals surface area contributed by atoms with Crippen LogP contribution in [0.5, 0.6) is 0 Å². The van der Waals surface area contributed by atoms with Crippen LogP contribution in [0.1, 0.15) is 34.6 Å². The molecule has 9 nitrogen and oxygen atoms in total. The first-order chi connectivity index (χ1) is 15.9. The van der Waals surface area contributed by atoms with Crippen LogP contribution in [0.3, 0.4) is 0 Å². The van der Waals surface area contributed by atoms with Gasteiger partial charge in [0.25, 0.3) is 5.91 Å². The van der Waals surface area contributed by atoms with Crippen molar-refractivity contribution in [2.75, 3.05) is 5.32 Å². The Kier molecular flexibility index (Phi) is 5.86. The molecule has 9 heteroatoms. The largest absolute Gasteiger partial charge is 0.339 e. The summed E-state index contributed by atoms with van der Waals surface area (Å²) >= 11 is 0. The lowest BCUT2D eigenvalue weighted by atomic mass is 9.97. The second-order valence-corrected chi connectivity index (χ2v) is 7.40. The van der Waals surface area contributed by atoms with Gasteiger partial charge in [-0.25, -0.2) is 0 Å². The summed E-state index contributed by atoms with van der Waals surface area (Å²) in [5.74, 6) is -0.349. The molecule has 1 aromatic heterocycles. The molecule has 0 spiro atoms. The van der Waals surface area contributed by atoms with Gasteiger partial charge in [0.2, 0.25) is 23.5 Å². The fourth-order valence-corrected chi connectivity index (χ4v) is 3.56. The number of carbonyl (C=O) groups is 3. The number of amides is 3. The Bertz CT molecular complexity index is 1290. The Labute approximate surface area is 189 Å². The highest BCUT2D eigenvalue weighted by atomic mass is 16.5. The third-order valence-corrected chi connectivity index (χ3v) is 5.01. The summed E-state index contributed by atoms with van der Waals surface area (Å²) < 4.78 is 5.02. The predicted octanol–water partition coefficient (Wildman–Crippen LogP) is 3.26. The normalized spacial score (nSPS) is 13.0. The van der Waals surface area contributed by atoms with Gasteiger partial charge in [0, 0.05) is 31.3 Å². The Hall–Kier alpha value is -4.53. The molecule has 0 unspecified atom stereocenters. The molecule has 4 rings (SSSR count). The molecule has 1 aliphatic rings. The van der Waals surface area contributed by atoms with Crippen LogP contribution < -0.4 is 10.6 Å². The molecule has 0 atom stereocenters. The number of nitrogens with zero attached hydrogens (tertiary/aromatic N) is 3. The van der Waals surface area contributed by atoms with Crippen molar-refractivity contribution >= 4 is 29.1 Å². The van der Waals surface area contributed by atoms with Crippen LogP contribution in [0.2, 0.25) is 0 Å². The zero-order valence-corrected chi connectivity index (χ0v) is 18.1. The number of benzene rings is 2. The number of nitrogens with one attached hydrogen (secondary N) is 2. The summed E-state index contributed by atoms with van der Waals surface area (Å²) in [7, 11) is 0. The van der Waals surface area contributed by atoms with Crippen molar-refractivity contribution in [1.29, 1.82) is 0 Å². The lowest BCUT2D eigenvalue weighted by Crippen LogP contribution is -2.25. The standard InChI is InChI=1S/C24H21N5O4/c1-4-22(31)27-21(23-26-15(3)33-28-23)13-29-12-20-18(6-5-7-19(20)24(29)32)16-8-10-17(11-9-16)25-14(2)30/h4-11,13H,1,12H2,2-3H3,(H,25,30)(H,27,31)/b21-13-. The van der Waals surface area contributed by atoms with Crippen molar-refractivity contribution in [3.8, 4) is 11.1 Å². The molecule has 0 radical (unpaired) electrons. The SMILES string of the molecule is C=CC(=O)N/C(=C\N1Cc2c(cccc2-c2ccc(NC(C)=O)cc2)C1=O)c1noc(C)n1. The van der Waals surface area contributed by atoms with Crippen LogP contribution in [0.25, 0.3) is 16.8 Å². The molecule has 0 fully saturated rings. The Morgan fingerprint density at radius 2 is 1.88 bits per heavy atom. The highest BCUT2D eigenvalue weighted by Crippen LogP contribution is 2.34. The van der Waals surface area contributed by atoms with E-state index in [1.165, 1.54) is 18.0 Å². The van der Waals surface area contributed by atoms with Gasteiger partial charge in [-0.2, -0.15) is 4.98 Å². The molecule has 1 aliphatic heterocycles. The number of hydrogen-bond acceptors (Lipinski definition) is 6. The second-order valence-electron chi connectivity index (χ2n) is 7.40. The molecule has 0 bridgehead atoms. The first-order valence-corrected chi connectivity index (χ1v) is 10.1. The molecule has 3 amide bonds. The summed E-state index contributed by atoms with van der Waals surface area (Å²) in [4.78, 5) is 41.9. The number of hydrogen-bond donors (Lipinski definition) is 2. The van der Waals surface area contributed by atoms with E-state index >= 15 is 0 Å². The van der Waals surface area contributed by atoms with Crippen molar-refractivity contribution in [2.45, 2.75) is 20.4 Å². The van der Waals surface area contributed by atoms with Crippen molar-refractivity contribution in [3.05, 3.63) is 84.2 Å². The van der Waals surface area contributed by atoms with E-state index in [2.05, 4.69) is 27.4 Å². The molecule has 33 heavy (non-hydrogen) atoms. The zero-order chi connectivity index (χ0) is 23.5. The Morgan fingerprint density at radius 1 is 1.15 bits per heavy atom. The molecular formula is C24H21N5O4. The van der Waals surface area contributed by atoms with Crippen molar-refractivity contribution in [3.63, 3.8) is 0 Å². The van der Waals surface area contributed by atoms with Gasteiger partial charge in [-0.1, -0.05) is 36.0 Å². The number of carbonyl (C=O) groups excluding carboxylic acids is 3. The number of fused-ring (bicyclic) bond motifs is 1. The van der Waals surface area contributed by atoms with Crippen LogP contribution in [0, 0.1) is 6.92 Å². The van der Waals surface area contributed by atoms with Gasteiger partial charge < -0.3 is 20.1 Å². The van der Waals surface area contributed by atoms with E-state index in [1.54, 1.807) is 13.0 Å². The van der Waals surface area contributed by atoms with Gasteiger partial charge in [0.05, 0.1) is 6.54 Å². The highest BCUT2D eigenvalue weighted by molar-refractivity contribution is 6.02. The van der Waals surface area contributed by atoms with Gasteiger partial charge in [-0.15, -0.1) is 0 Å². The maximum absolute atomic E-state index is 13.1. The van der Waals surface area contributed by atoms with Gasteiger partial charge in [-0.05, 0) is 41.0 Å². The molecular weight excluding hydrogens is 422 g/mol. The summed E-state index contributed by atoms with van der Waals surface area (Å²) in [5.41, 5.74) is 4.14. The zero-order valence-electron chi connectivity index (χ0n) is 18.1. The average molecular weight is 443 g/mol. The van der Waals surface area contributed by atoms with Crippen LogP contribution in [0.15, 0.2) is 65.8 Å². The van der Waals surface area contributed by atoms with E-state index in [-0.39, 0.29) is 23.3 Å². The van der Waals surface area contributed by atoms with E-state index in [1.807, 2.05) is 36.4 Å². The molecule has 2 N–H and O–H groups in total. The Balaban J connectivity index is 1.67. The third kappa shape index (κ3) is 4.57. The maximum atomic E-state index is 13.1. The van der Waals surface area contributed by atoms with Gasteiger partial charge in [-0.3, -0.25) is 14.4 Å². The smallest absolute Gasteiger partial charge is 0.258 e. The Morgan fingerprint density at radius 3 is 2.52 bits per heavy atom. The number of anilines is 1.